The molecule has 0 bridgehead atoms. The summed E-state index contributed by atoms with van der Waals surface area (Å²) in [6.07, 6.45) is 0.650. The molecule has 88 valence electrons. The van der Waals surface area contributed by atoms with Gasteiger partial charge in [-0.25, -0.2) is 13.1 Å². The molecule has 0 heterocycles. The van der Waals surface area contributed by atoms with E-state index in [4.69, 9.17) is 28.9 Å². The van der Waals surface area contributed by atoms with E-state index in [9.17, 15) is 8.42 Å². The highest BCUT2D eigenvalue weighted by molar-refractivity contribution is 7.89. The smallest absolute Gasteiger partial charge is 0.242 e. The van der Waals surface area contributed by atoms with Crippen LogP contribution in [-0.2, 0) is 10.0 Å². The van der Waals surface area contributed by atoms with Gasteiger partial charge in [0.05, 0.1) is 10.0 Å². The summed E-state index contributed by atoms with van der Waals surface area (Å²) >= 11 is 11.6. The van der Waals surface area contributed by atoms with Crippen molar-refractivity contribution < 1.29 is 8.42 Å². The number of rotatable bonds is 3. The topological polar surface area (TPSA) is 72.2 Å². The second-order valence-corrected chi connectivity index (χ2v) is 6.15. The number of nitrogens with two attached hydrogens (primary N) is 1. The van der Waals surface area contributed by atoms with Crippen molar-refractivity contribution in [3.63, 3.8) is 0 Å². The molecular formula is C9H10Cl2N2O2S. The molecule has 1 aromatic rings. The van der Waals surface area contributed by atoms with Crippen LogP contribution in [-0.4, -0.2) is 20.5 Å². The van der Waals surface area contributed by atoms with Crippen molar-refractivity contribution in [1.82, 2.24) is 4.72 Å². The third-order valence-corrected chi connectivity index (χ3v) is 4.82. The van der Waals surface area contributed by atoms with E-state index in [1.54, 1.807) is 0 Å². The van der Waals surface area contributed by atoms with Gasteiger partial charge in [-0.1, -0.05) is 29.3 Å². The summed E-state index contributed by atoms with van der Waals surface area (Å²) in [5.74, 6) is 0. The monoisotopic (exact) mass is 280 g/mol. The molecular weight excluding hydrogens is 271 g/mol. The van der Waals surface area contributed by atoms with Gasteiger partial charge in [0, 0.05) is 12.1 Å². The lowest BCUT2D eigenvalue weighted by Crippen LogP contribution is -2.30. The first-order valence-corrected chi connectivity index (χ1v) is 6.87. The molecule has 0 aromatic heterocycles. The van der Waals surface area contributed by atoms with E-state index in [0.717, 1.165) is 0 Å². The summed E-state index contributed by atoms with van der Waals surface area (Å²) in [6, 6.07) is 4.18. The number of nitrogens with one attached hydrogen (secondary N) is 1. The van der Waals surface area contributed by atoms with Crippen molar-refractivity contribution in [2.75, 3.05) is 0 Å². The summed E-state index contributed by atoms with van der Waals surface area (Å²) < 4.78 is 26.3. The summed E-state index contributed by atoms with van der Waals surface area (Å²) in [5, 5.41) is 0.246. The number of sulfonamides is 1. The highest BCUT2D eigenvalue weighted by Gasteiger charge is 2.37. The van der Waals surface area contributed by atoms with Gasteiger partial charge in [-0.15, -0.1) is 0 Å². The van der Waals surface area contributed by atoms with Crippen molar-refractivity contribution in [2.24, 2.45) is 5.73 Å². The average Bonchev–Trinajstić information content (AvgIpc) is 2.85. The van der Waals surface area contributed by atoms with Gasteiger partial charge in [0.2, 0.25) is 10.0 Å². The van der Waals surface area contributed by atoms with Crippen molar-refractivity contribution in [2.45, 2.75) is 23.4 Å². The fourth-order valence-corrected chi connectivity index (χ4v) is 3.37. The van der Waals surface area contributed by atoms with Gasteiger partial charge in [0.25, 0.3) is 0 Å². The predicted octanol–water partition coefficient (Wildman–Crippen LogP) is 1.37. The van der Waals surface area contributed by atoms with Crippen LogP contribution in [0.3, 0.4) is 0 Å². The van der Waals surface area contributed by atoms with Crippen molar-refractivity contribution >= 4 is 33.2 Å². The third kappa shape index (κ3) is 2.33. The molecule has 3 N–H and O–H groups in total. The van der Waals surface area contributed by atoms with E-state index in [-0.39, 0.29) is 27.0 Å². The molecule has 0 amide bonds. The fourth-order valence-electron chi connectivity index (χ4n) is 1.30. The molecule has 0 spiro atoms. The second kappa shape index (κ2) is 4.16. The van der Waals surface area contributed by atoms with Gasteiger partial charge in [-0.05, 0) is 18.6 Å². The lowest BCUT2D eigenvalue weighted by molar-refractivity contribution is 0.580. The number of halogens is 2. The Hall–Kier alpha value is -0.330. The zero-order valence-electron chi connectivity index (χ0n) is 8.15. The van der Waals surface area contributed by atoms with Gasteiger partial charge in [0.1, 0.15) is 4.90 Å². The SMILES string of the molecule is NC1CC1NS(=O)(=O)c1cccc(Cl)c1Cl. The normalized spacial score (nSPS) is 24.4. The van der Waals surface area contributed by atoms with Crippen LogP contribution in [0.1, 0.15) is 6.42 Å². The Bertz CT molecular complexity index is 518. The molecule has 2 rings (SSSR count). The first-order valence-electron chi connectivity index (χ1n) is 4.64. The molecule has 16 heavy (non-hydrogen) atoms. The van der Waals surface area contributed by atoms with Gasteiger partial charge in [0.15, 0.2) is 0 Å². The van der Waals surface area contributed by atoms with Crippen molar-refractivity contribution in [3.8, 4) is 0 Å². The molecule has 1 fully saturated rings. The van der Waals surface area contributed by atoms with Crippen LogP contribution in [0.5, 0.6) is 0 Å². The maximum absolute atomic E-state index is 11.9. The molecule has 2 atom stereocenters. The fraction of sp³-hybridized carbons (Fsp3) is 0.333. The molecule has 1 saturated carbocycles. The zero-order valence-corrected chi connectivity index (χ0v) is 10.5. The number of hydrogen-bond donors (Lipinski definition) is 2. The minimum atomic E-state index is -3.63. The van der Waals surface area contributed by atoms with Gasteiger partial charge in [-0.2, -0.15) is 0 Å². The van der Waals surface area contributed by atoms with Crippen LogP contribution in [0.15, 0.2) is 23.1 Å². The summed E-state index contributed by atoms with van der Waals surface area (Å²) in [7, 11) is -3.63. The maximum Gasteiger partial charge on any atom is 0.242 e. The Balaban J connectivity index is 2.32. The summed E-state index contributed by atoms with van der Waals surface area (Å²) in [5.41, 5.74) is 5.53. The van der Waals surface area contributed by atoms with E-state index in [1.807, 2.05) is 0 Å². The molecule has 0 aliphatic heterocycles. The molecule has 0 radical (unpaired) electrons. The van der Waals surface area contributed by atoms with Crippen molar-refractivity contribution in [1.29, 1.82) is 0 Å². The van der Waals surface area contributed by atoms with E-state index in [0.29, 0.717) is 6.42 Å². The van der Waals surface area contributed by atoms with Crippen LogP contribution in [0.4, 0.5) is 0 Å². The maximum atomic E-state index is 11.9. The third-order valence-electron chi connectivity index (χ3n) is 2.35. The zero-order chi connectivity index (χ0) is 11.9. The highest BCUT2D eigenvalue weighted by Crippen LogP contribution is 2.30. The molecule has 1 aliphatic rings. The van der Waals surface area contributed by atoms with E-state index < -0.39 is 10.0 Å². The van der Waals surface area contributed by atoms with Crippen LogP contribution in [0, 0.1) is 0 Å². The minimum absolute atomic E-state index is 0.0132. The predicted molar refractivity (Wildman–Crippen MR) is 63.2 cm³/mol. The Morgan fingerprint density at radius 1 is 1.38 bits per heavy atom. The summed E-state index contributed by atoms with van der Waals surface area (Å²) in [4.78, 5) is -0.0132. The summed E-state index contributed by atoms with van der Waals surface area (Å²) in [6.45, 7) is 0. The van der Waals surface area contributed by atoms with Crippen LogP contribution < -0.4 is 10.5 Å². The Kier molecular flexibility index (Phi) is 3.16. The Morgan fingerprint density at radius 3 is 2.56 bits per heavy atom. The lowest BCUT2D eigenvalue weighted by atomic mass is 10.4. The second-order valence-electron chi connectivity index (χ2n) is 3.68. The van der Waals surface area contributed by atoms with E-state index in [1.165, 1.54) is 18.2 Å². The van der Waals surface area contributed by atoms with Gasteiger partial charge < -0.3 is 5.73 Å². The van der Waals surface area contributed by atoms with Crippen molar-refractivity contribution in [3.05, 3.63) is 28.2 Å². The highest BCUT2D eigenvalue weighted by atomic mass is 35.5. The standard InChI is InChI=1S/C9H10Cl2N2O2S/c10-5-2-1-3-8(9(5)11)16(14,15)13-7-4-6(7)12/h1-3,6-7,13H,4,12H2. The van der Waals surface area contributed by atoms with E-state index in [2.05, 4.69) is 4.72 Å². The minimum Gasteiger partial charge on any atom is -0.326 e. The molecule has 1 aromatic carbocycles. The average molecular weight is 281 g/mol. The lowest BCUT2D eigenvalue weighted by Gasteiger charge is -2.08. The first-order chi connectivity index (χ1) is 7.42. The van der Waals surface area contributed by atoms with Gasteiger partial charge >= 0.3 is 0 Å². The number of hydrogen-bond acceptors (Lipinski definition) is 3. The first kappa shape index (κ1) is 12.1. The quantitative estimate of drug-likeness (QED) is 0.879. The number of benzene rings is 1. The van der Waals surface area contributed by atoms with Crippen LogP contribution in [0.25, 0.3) is 0 Å². The van der Waals surface area contributed by atoms with E-state index >= 15 is 0 Å². The molecule has 1 aliphatic carbocycles. The Labute approximate surface area is 104 Å². The van der Waals surface area contributed by atoms with Crippen LogP contribution >= 0.6 is 23.2 Å². The van der Waals surface area contributed by atoms with Gasteiger partial charge in [-0.3, -0.25) is 0 Å². The molecule has 2 unspecified atom stereocenters. The molecule has 4 nitrogen and oxygen atoms in total. The Morgan fingerprint density at radius 2 is 2.00 bits per heavy atom. The molecule has 0 saturated heterocycles. The molecule has 7 heteroatoms. The largest absolute Gasteiger partial charge is 0.326 e. The van der Waals surface area contributed by atoms with Crippen LogP contribution in [0.2, 0.25) is 10.0 Å².